The summed E-state index contributed by atoms with van der Waals surface area (Å²) in [5.41, 5.74) is 0. The number of hydrogen-bond donors (Lipinski definition) is 0. The maximum absolute atomic E-state index is 2.38. The molecule has 0 aliphatic heterocycles. The molecule has 0 aromatic rings. The largest absolute Gasteiger partial charge is 0.155 e. The summed E-state index contributed by atoms with van der Waals surface area (Å²) < 4.78 is 0. The minimum absolute atomic E-state index is 1.02. The lowest BCUT2D eigenvalue weighted by Crippen LogP contribution is -2.23. The van der Waals surface area contributed by atoms with E-state index in [1.54, 1.807) is 0 Å². The molecule has 0 amide bonds. The molecule has 0 N–H and O–H groups in total. The minimum atomic E-state index is 1.02. The topological polar surface area (TPSA) is 0 Å². The van der Waals surface area contributed by atoms with Gasteiger partial charge in [0.05, 0.1) is 0 Å². The van der Waals surface area contributed by atoms with Crippen LogP contribution < -0.4 is 0 Å². The third-order valence-electron chi connectivity index (χ3n) is 5.50. The molecule has 0 aromatic carbocycles. The zero-order valence-corrected chi connectivity index (χ0v) is 14.7. The quantitative estimate of drug-likeness (QED) is 0.586. The molecule has 20 heavy (non-hydrogen) atoms. The van der Waals surface area contributed by atoms with Crippen molar-refractivity contribution in [2.45, 2.75) is 111 Å². The van der Waals surface area contributed by atoms with Crippen LogP contribution in [0.4, 0.5) is 0 Å². The number of thioether (sulfide) groups is 2. The molecule has 0 aromatic heterocycles. The van der Waals surface area contributed by atoms with E-state index in [1.807, 2.05) is 0 Å². The maximum Gasteiger partial charge on any atom is 0.00506 e. The SMILES string of the molecule is C1CCC(SC2CCC(SC3CCCCC3)CC2)CC1. The van der Waals surface area contributed by atoms with Crippen molar-refractivity contribution in [3.05, 3.63) is 0 Å². The van der Waals surface area contributed by atoms with Gasteiger partial charge in [-0.2, -0.15) is 23.5 Å². The fraction of sp³-hybridized carbons (Fsp3) is 1.00. The first kappa shape index (κ1) is 15.6. The molecule has 3 saturated carbocycles. The van der Waals surface area contributed by atoms with Gasteiger partial charge in [-0.05, 0) is 51.4 Å². The summed E-state index contributed by atoms with van der Waals surface area (Å²) in [4.78, 5) is 0. The highest BCUT2D eigenvalue weighted by molar-refractivity contribution is 8.01. The van der Waals surface area contributed by atoms with Gasteiger partial charge in [0.25, 0.3) is 0 Å². The van der Waals surface area contributed by atoms with Gasteiger partial charge in [-0.25, -0.2) is 0 Å². The molecule has 3 aliphatic carbocycles. The molecule has 0 bridgehead atoms. The molecule has 0 nitrogen and oxygen atoms in total. The van der Waals surface area contributed by atoms with E-state index in [-0.39, 0.29) is 0 Å². The molecule has 0 saturated heterocycles. The monoisotopic (exact) mass is 312 g/mol. The highest BCUT2D eigenvalue weighted by Gasteiger charge is 2.27. The molecule has 116 valence electrons. The average molecular weight is 313 g/mol. The summed E-state index contributed by atoms with van der Waals surface area (Å²) in [6, 6.07) is 0. The molecule has 3 rings (SSSR count). The Labute approximate surface area is 134 Å². The Balaban J connectivity index is 1.33. The van der Waals surface area contributed by atoms with E-state index < -0.39 is 0 Å². The van der Waals surface area contributed by atoms with Crippen molar-refractivity contribution in [1.82, 2.24) is 0 Å². The molecular formula is C18H32S2. The van der Waals surface area contributed by atoms with Gasteiger partial charge >= 0.3 is 0 Å². The Morgan fingerprint density at radius 2 is 0.650 bits per heavy atom. The predicted octanol–water partition coefficient (Wildman–Crippen LogP) is 6.43. The fourth-order valence-electron chi connectivity index (χ4n) is 4.25. The summed E-state index contributed by atoms with van der Waals surface area (Å²) in [5, 5.41) is 4.08. The van der Waals surface area contributed by atoms with Crippen LogP contribution in [0.25, 0.3) is 0 Å². The van der Waals surface area contributed by atoms with Gasteiger partial charge in [0, 0.05) is 21.0 Å². The molecule has 0 spiro atoms. The van der Waals surface area contributed by atoms with E-state index in [1.165, 1.54) is 89.9 Å². The van der Waals surface area contributed by atoms with Crippen LogP contribution in [0.2, 0.25) is 0 Å². The summed E-state index contributed by atoms with van der Waals surface area (Å²) in [5.74, 6) is 0. The zero-order chi connectivity index (χ0) is 13.6. The van der Waals surface area contributed by atoms with Crippen LogP contribution in [0.15, 0.2) is 0 Å². The van der Waals surface area contributed by atoms with Crippen LogP contribution >= 0.6 is 23.5 Å². The van der Waals surface area contributed by atoms with Crippen LogP contribution in [-0.4, -0.2) is 21.0 Å². The highest BCUT2D eigenvalue weighted by Crippen LogP contribution is 2.42. The Hall–Kier alpha value is 0.700. The normalized spacial score (nSPS) is 34.2. The lowest BCUT2D eigenvalue weighted by molar-refractivity contribution is 0.492. The minimum Gasteiger partial charge on any atom is -0.155 e. The lowest BCUT2D eigenvalue weighted by atomic mass is 9.99. The van der Waals surface area contributed by atoms with Crippen molar-refractivity contribution >= 4 is 23.5 Å². The molecular weight excluding hydrogens is 280 g/mol. The van der Waals surface area contributed by atoms with Crippen LogP contribution in [0.5, 0.6) is 0 Å². The second-order valence-corrected chi connectivity index (χ2v) is 10.4. The molecule has 2 heteroatoms. The standard InChI is InChI=1S/C18H32S2/c1-3-7-15(8-4-1)19-17-11-13-18(14-12-17)20-16-9-5-2-6-10-16/h15-18H,1-14H2. The van der Waals surface area contributed by atoms with Gasteiger partial charge in [-0.3, -0.25) is 0 Å². The summed E-state index contributed by atoms with van der Waals surface area (Å²) in [6.07, 6.45) is 21.2. The smallest absolute Gasteiger partial charge is 0.00506 e. The Kier molecular flexibility index (Phi) is 6.52. The molecule has 0 radical (unpaired) electrons. The summed E-state index contributed by atoms with van der Waals surface area (Å²) in [6.45, 7) is 0. The molecule has 0 heterocycles. The third-order valence-corrected chi connectivity index (χ3v) is 8.92. The first-order valence-electron chi connectivity index (χ1n) is 9.21. The van der Waals surface area contributed by atoms with E-state index in [9.17, 15) is 0 Å². The first-order valence-corrected chi connectivity index (χ1v) is 11.1. The Morgan fingerprint density at radius 1 is 0.350 bits per heavy atom. The van der Waals surface area contributed by atoms with Gasteiger partial charge in [-0.15, -0.1) is 0 Å². The lowest BCUT2D eigenvalue weighted by Gasteiger charge is -2.33. The van der Waals surface area contributed by atoms with Crippen molar-refractivity contribution in [2.75, 3.05) is 0 Å². The van der Waals surface area contributed by atoms with Gasteiger partial charge in [0.1, 0.15) is 0 Å². The first-order chi connectivity index (χ1) is 9.90. The Bertz CT molecular complexity index is 231. The van der Waals surface area contributed by atoms with Crippen molar-refractivity contribution in [3.63, 3.8) is 0 Å². The second-order valence-electron chi connectivity index (χ2n) is 7.19. The van der Waals surface area contributed by atoms with Crippen molar-refractivity contribution < 1.29 is 0 Å². The third kappa shape index (κ3) is 4.87. The van der Waals surface area contributed by atoms with Crippen LogP contribution in [0.3, 0.4) is 0 Å². The highest BCUT2D eigenvalue weighted by atomic mass is 32.2. The molecule has 3 aliphatic rings. The van der Waals surface area contributed by atoms with Crippen molar-refractivity contribution in [1.29, 1.82) is 0 Å². The van der Waals surface area contributed by atoms with E-state index in [0.717, 1.165) is 21.0 Å². The van der Waals surface area contributed by atoms with Crippen molar-refractivity contribution in [3.8, 4) is 0 Å². The van der Waals surface area contributed by atoms with Crippen LogP contribution in [0.1, 0.15) is 89.9 Å². The zero-order valence-electron chi connectivity index (χ0n) is 13.0. The predicted molar refractivity (Wildman–Crippen MR) is 95.0 cm³/mol. The number of rotatable bonds is 4. The van der Waals surface area contributed by atoms with E-state index in [2.05, 4.69) is 23.5 Å². The molecule has 0 atom stereocenters. The van der Waals surface area contributed by atoms with Crippen LogP contribution in [0, 0.1) is 0 Å². The summed E-state index contributed by atoms with van der Waals surface area (Å²) >= 11 is 4.76. The van der Waals surface area contributed by atoms with E-state index in [0.29, 0.717) is 0 Å². The molecule has 0 unspecified atom stereocenters. The van der Waals surface area contributed by atoms with Crippen molar-refractivity contribution in [2.24, 2.45) is 0 Å². The average Bonchev–Trinajstić information content (AvgIpc) is 2.51. The second kappa shape index (κ2) is 8.36. The van der Waals surface area contributed by atoms with Gasteiger partial charge in [0.2, 0.25) is 0 Å². The summed E-state index contributed by atoms with van der Waals surface area (Å²) in [7, 11) is 0. The van der Waals surface area contributed by atoms with Crippen LogP contribution in [-0.2, 0) is 0 Å². The number of hydrogen-bond acceptors (Lipinski definition) is 2. The van der Waals surface area contributed by atoms with E-state index in [4.69, 9.17) is 0 Å². The van der Waals surface area contributed by atoms with Gasteiger partial charge in [-0.1, -0.05) is 38.5 Å². The fourth-order valence-corrected chi connectivity index (χ4v) is 7.64. The maximum atomic E-state index is 2.38. The van der Waals surface area contributed by atoms with E-state index >= 15 is 0 Å². The van der Waals surface area contributed by atoms with Gasteiger partial charge < -0.3 is 0 Å². The molecule has 3 fully saturated rings. The Morgan fingerprint density at radius 3 is 1.00 bits per heavy atom. The van der Waals surface area contributed by atoms with Gasteiger partial charge in [0.15, 0.2) is 0 Å².